The molecule has 0 fully saturated rings. The number of aryl methyl sites for hydroxylation is 1. The van der Waals surface area contributed by atoms with E-state index in [1.807, 2.05) is 13.0 Å². The normalized spacial score (nSPS) is 12.4. The average molecular weight is 232 g/mol. The predicted molar refractivity (Wildman–Crippen MR) is 60.9 cm³/mol. The molecule has 88 valence electrons. The molecule has 2 rings (SSSR count). The number of aliphatic hydroxyl groups excluding tert-OH is 1. The Labute approximate surface area is 98.1 Å². The predicted octanol–water partition coefficient (Wildman–Crippen LogP) is 2.37. The lowest BCUT2D eigenvalue weighted by Crippen LogP contribution is -2.05. The summed E-state index contributed by atoms with van der Waals surface area (Å²) in [6.07, 6.45) is 0.202. The molecule has 0 aliphatic heterocycles. The average Bonchev–Trinajstić information content (AvgIpc) is 2.77. The molecule has 0 saturated heterocycles. The lowest BCUT2D eigenvalue weighted by molar-refractivity contribution is 0.0687. The molecule has 1 atom stereocenters. The molecule has 0 amide bonds. The number of furan rings is 1. The highest BCUT2D eigenvalue weighted by molar-refractivity contribution is 5.88. The minimum Gasteiger partial charge on any atom is -0.478 e. The van der Waals surface area contributed by atoms with Crippen LogP contribution >= 0.6 is 0 Å². The van der Waals surface area contributed by atoms with Gasteiger partial charge in [0.25, 0.3) is 0 Å². The fraction of sp³-hybridized carbons (Fsp3) is 0.154. The largest absolute Gasteiger partial charge is 0.478 e. The highest BCUT2D eigenvalue weighted by Gasteiger charge is 2.22. The first-order valence-corrected chi connectivity index (χ1v) is 5.15. The number of hydrogen-bond acceptors (Lipinski definition) is 3. The number of rotatable bonds is 3. The van der Waals surface area contributed by atoms with Crippen molar-refractivity contribution in [2.45, 2.75) is 13.0 Å². The van der Waals surface area contributed by atoms with Gasteiger partial charge in [0.05, 0.1) is 6.26 Å². The van der Waals surface area contributed by atoms with Gasteiger partial charge in [0, 0.05) is 0 Å². The summed E-state index contributed by atoms with van der Waals surface area (Å²) in [7, 11) is 0. The molecule has 0 bridgehead atoms. The Hall–Kier alpha value is -2.07. The maximum Gasteiger partial charge on any atom is 0.339 e. The Morgan fingerprint density at radius 3 is 2.76 bits per heavy atom. The molecule has 17 heavy (non-hydrogen) atoms. The topological polar surface area (TPSA) is 70.7 Å². The molecule has 1 unspecified atom stereocenters. The van der Waals surface area contributed by atoms with Crippen LogP contribution in [0.2, 0.25) is 0 Å². The molecular weight excluding hydrogens is 220 g/mol. The van der Waals surface area contributed by atoms with Gasteiger partial charge in [0.2, 0.25) is 0 Å². The van der Waals surface area contributed by atoms with Crippen LogP contribution in [0, 0.1) is 6.92 Å². The van der Waals surface area contributed by atoms with Gasteiger partial charge in [0.1, 0.15) is 11.7 Å². The Kier molecular flexibility index (Phi) is 2.97. The van der Waals surface area contributed by atoms with Crippen LogP contribution in [0.3, 0.4) is 0 Å². The molecule has 0 saturated carbocycles. The quantitative estimate of drug-likeness (QED) is 0.852. The van der Waals surface area contributed by atoms with Crippen LogP contribution in [0.25, 0.3) is 0 Å². The molecule has 0 aliphatic rings. The third-order valence-electron chi connectivity index (χ3n) is 2.53. The monoisotopic (exact) mass is 232 g/mol. The molecule has 1 aromatic carbocycles. The summed E-state index contributed by atoms with van der Waals surface area (Å²) in [6, 6.07) is 8.55. The summed E-state index contributed by atoms with van der Waals surface area (Å²) in [5.41, 5.74) is 1.59. The van der Waals surface area contributed by atoms with Crippen molar-refractivity contribution < 1.29 is 19.4 Å². The second-order valence-corrected chi connectivity index (χ2v) is 3.82. The van der Waals surface area contributed by atoms with Crippen LogP contribution in [0.1, 0.15) is 33.3 Å². The lowest BCUT2D eigenvalue weighted by Gasteiger charge is -2.10. The van der Waals surface area contributed by atoms with Gasteiger partial charge in [-0.2, -0.15) is 0 Å². The summed E-state index contributed by atoms with van der Waals surface area (Å²) >= 11 is 0. The van der Waals surface area contributed by atoms with E-state index in [0.717, 1.165) is 5.56 Å². The van der Waals surface area contributed by atoms with Gasteiger partial charge < -0.3 is 14.6 Å². The molecule has 4 heteroatoms. The van der Waals surface area contributed by atoms with Crippen molar-refractivity contribution in [3.63, 3.8) is 0 Å². The van der Waals surface area contributed by atoms with Crippen LogP contribution < -0.4 is 0 Å². The maximum absolute atomic E-state index is 10.9. The Bertz CT molecular complexity index is 542. The van der Waals surface area contributed by atoms with Crippen LogP contribution in [-0.2, 0) is 0 Å². The lowest BCUT2D eigenvalue weighted by atomic mass is 10.0. The number of carboxylic acid groups (broad SMARTS) is 1. The highest BCUT2D eigenvalue weighted by atomic mass is 16.4. The zero-order chi connectivity index (χ0) is 12.4. The molecule has 2 aromatic rings. The van der Waals surface area contributed by atoms with E-state index in [9.17, 15) is 9.90 Å². The minimum absolute atomic E-state index is 0.0148. The third-order valence-corrected chi connectivity index (χ3v) is 2.53. The van der Waals surface area contributed by atoms with E-state index in [0.29, 0.717) is 5.56 Å². The third kappa shape index (κ3) is 2.21. The van der Waals surface area contributed by atoms with Crippen molar-refractivity contribution in [1.82, 2.24) is 0 Å². The van der Waals surface area contributed by atoms with Crippen molar-refractivity contribution in [3.05, 3.63) is 59.0 Å². The van der Waals surface area contributed by atoms with E-state index in [2.05, 4.69) is 0 Å². The van der Waals surface area contributed by atoms with Gasteiger partial charge in [-0.1, -0.05) is 29.8 Å². The molecule has 2 N–H and O–H groups in total. The molecule has 0 spiro atoms. The summed E-state index contributed by atoms with van der Waals surface area (Å²) in [5, 5.41) is 19.0. The molecule has 1 heterocycles. The summed E-state index contributed by atoms with van der Waals surface area (Å²) in [4.78, 5) is 10.9. The van der Waals surface area contributed by atoms with Crippen LogP contribution in [0.4, 0.5) is 0 Å². The van der Waals surface area contributed by atoms with Crippen molar-refractivity contribution >= 4 is 5.97 Å². The molecular formula is C13H12O4. The van der Waals surface area contributed by atoms with E-state index in [4.69, 9.17) is 9.52 Å². The number of hydrogen-bond donors (Lipinski definition) is 2. The van der Waals surface area contributed by atoms with Gasteiger partial charge in [-0.3, -0.25) is 0 Å². The number of carbonyl (C=O) groups is 1. The molecule has 4 nitrogen and oxygen atoms in total. The van der Waals surface area contributed by atoms with Gasteiger partial charge in [-0.05, 0) is 18.6 Å². The number of aromatic carboxylic acids is 1. The summed E-state index contributed by atoms with van der Waals surface area (Å²) in [5.74, 6) is -1.05. The first kappa shape index (κ1) is 11.4. The molecule has 0 radical (unpaired) electrons. The van der Waals surface area contributed by atoms with E-state index in [-0.39, 0.29) is 11.3 Å². The molecule has 1 aromatic heterocycles. The zero-order valence-electron chi connectivity index (χ0n) is 9.25. The Morgan fingerprint density at radius 2 is 2.12 bits per heavy atom. The minimum atomic E-state index is -1.11. The summed E-state index contributed by atoms with van der Waals surface area (Å²) < 4.78 is 5.05. The van der Waals surface area contributed by atoms with Crippen molar-refractivity contribution in [1.29, 1.82) is 0 Å². The van der Waals surface area contributed by atoms with E-state index in [1.54, 1.807) is 18.2 Å². The van der Waals surface area contributed by atoms with Crippen molar-refractivity contribution in [3.8, 4) is 0 Å². The molecule has 0 aliphatic carbocycles. The second-order valence-electron chi connectivity index (χ2n) is 3.82. The number of aliphatic hydroxyl groups is 1. The van der Waals surface area contributed by atoms with E-state index >= 15 is 0 Å². The van der Waals surface area contributed by atoms with Crippen molar-refractivity contribution in [2.75, 3.05) is 0 Å². The number of benzene rings is 1. The van der Waals surface area contributed by atoms with Crippen molar-refractivity contribution in [2.24, 2.45) is 0 Å². The summed E-state index contributed by atoms with van der Waals surface area (Å²) in [6.45, 7) is 1.90. The van der Waals surface area contributed by atoms with Crippen LogP contribution in [0.15, 0.2) is 41.0 Å². The first-order valence-electron chi connectivity index (χ1n) is 5.15. The van der Waals surface area contributed by atoms with Crippen LogP contribution in [0.5, 0.6) is 0 Å². The fourth-order valence-corrected chi connectivity index (χ4v) is 1.70. The maximum atomic E-state index is 10.9. The van der Waals surface area contributed by atoms with Crippen LogP contribution in [-0.4, -0.2) is 16.2 Å². The first-order chi connectivity index (χ1) is 8.09. The SMILES string of the molecule is Cc1cccc(C(O)c2occc2C(=O)O)c1. The smallest absolute Gasteiger partial charge is 0.339 e. The Morgan fingerprint density at radius 1 is 1.35 bits per heavy atom. The fourth-order valence-electron chi connectivity index (χ4n) is 1.70. The van der Waals surface area contributed by atoms with Gasteiger partial charge in [0.15, 0.2) is 5.76 Å². The standard InChI is InChI=1S/C13H12O4/c1-8-3-2-4-9(7-8)11(14)12-10(13(15)16)5-6-17-12/h2-7,11,14H,1H3,(H,15,16). The Balaban J connectivity index is 2.40. The van der Waals surface area contributed by atoms with E-state index < -0.39 is 12.1 Å². The zero-order valence-corrected chi connectivity index (χ0v) is 9.25. The number of carboxylic acids is 1. The second kappa shape index (κ2) is 4.43. The van der Waals surface area contributed by atoms with Gasteiger partial charge >= 0.3 is 5.97 Å². The highest BCUT2D eigenvalue weighted by Crippen LogP contribution is 2.26. The van der Waals surface area contributed by atoms with Gasteiger partial charge in [-0.15, -0.1) is 0 Å². The van der Waals surface area contributed by atoms with Gasteiger partial charge in [-0.25, -0.2) is 4.79 Å². The van der Waals surface area contributed by atoms with E-state index in [1.165, 1.54) is 12.3 Å².